The van der Waals surface area contributed by atoms with E-state index in [1.165, 1.54) is 0 Å². The Hall–Kier alpha value is -0.696. The second kappa shape index (κ2) is 6.46. The van der Waals surface area contributed by atoms with Gasteiger partial charge in [-0.2, -0.15) is 0 Å². The molecule has 0 saturated heterocycles. The van der Waals surface area contributed by atoms with Crippen molar-refractivity contribution in [2.75, 3.05) is 6.66 Å². The van der Waals surface area contributed by atoms with Crippen LogP contribution in [-0.2, 0) is 0 Å². The van der Waals surface area contributed by atoms with E-state index in [2.05, 4.69) is 80.4 Å². The van der Waals surface area contributed by atoms with Gasteiger partial charge in [-0.15, -0.1) is 7.02 Å². The maximum Gasteiger partial charge on any atom is 0.0901 e. The number of hydrogen-bond donors (Lipinski definition) is 0. The molecule has 2 aromatic carbocycles. The van der Waals surface area contributed by atoms with Gasteiger partial charge in [0.2, 0.25) is 0 Å². The monoisotopic (exact) mass is 288 g/mol. The molecule has 18 heavy (non-hydrogen) atoms. The van der Waals surface area contributed by atoms with Crippen molar-refractivity contribution >= 4 is 34.3 Å². The van der Waals surface area contributed by atoms with Crippen LogP contribution < -0.4 is 10.4 Å². The summed E-state index contributed by atoms with van der Waals surface area (Å²) in [4.78, 5) is 0. The van der Waals surface area contributed by atoms with Crippen molar-refractivity contribution in [2.45, 2.75) is 13.1 Å². The van der Waals surface area contributed by atoms with Crippen LogP contribution >= 0.6 is 7.02 Å². The van der Waals surface area contributed by atoms with E-state index in [4.69, 9.17) is 0 Å². The van der Waals surface area contributed by atoms with Crippen LogP contribution in [0.15, 0.2) is 60.7 Å². The van der Waals surface area contributed by atoms with Gasteiger partial charge >= 0.3 is 0 Å². The lowest BCUT2D eigenvalue weighted by Gasteiger charge is -2.25. The van der Waals surface area contributed by atoms with Crippen LogP contribution in [0.2, 0.25) is 13.1 Å². The van der Waals surface area contributed by atoms with Crippen molar-refractivity contribution < 1.29 is 0 Å². The second-order valence-corrected chi connectivity index (χ2v) is 21.5. The molecule has 0 aliphatic carbocycles. The van der Waals surface area contributed by atoms with Gasteiger partial charge in [-0.05, 0) is 0 Å². The molecule has 2 aromatic rings. The Balaban J connectivity index is 2.14. The molecular formula is C15H21PSi2. The Kier molecular flexibility index (Phi) is 4.93. The van der Waals surface area contributed by atoms with Gasteiger partial charge in [-0.25, -0.2) is 0 Å². The van der Waals surface area contributed by atoms with Crippen LogP contribution in [0.25, 0.3) is 0 Å². The standard InChI is InChI=1S/C15H21PSi2/c1-16(17(2)14-10-6-4-7-11-14)18(3)15-12-8-5-9-13-15/h4-13,17-18H,1-3H3. The first kappa shape index (κ1) is 13.7. The highest BCUT2D eigenvalue weighted by Crippen LogP contribution is 2.36. The van der Waals surface area contributed by atoms with Gasteiger partial charge in [0, 0.05) is 0 Å². The average molecular weight is 288 g/mol. The minimum Gasteiger partial charge on any atom is -0.129 e. The van der Waals surface area contributed by atoms with Gasteiger partial charge < -0.3 is 0 Å². The third kappa shape index (κ3) is 3.20. The quantitative estimate of drug-likeness (QED) is 0.599. The zero-order valence-electron chi connectivity index (χ0n) is 11.4. The highest BCUT2D eigenvalue weighted by atomic mass is 31.6. The molecule has 0 radical (unpaired) electrons. The Morgan fingerprint density at radius 3 is 1.33 bits per heavy atom. The molecule has 0 heterocycles. The predicted octanol–water partition coefficient (Wildman–Crippen LogP) is 2.62. The average Bonchev–Trinajstić information content (AvgIpc) is 2.47. The fourth-order valence-corrected chi connectivity index (χ4v) is 20.4. The Morgan fingerprint density at radius 2 is 1.00 bits per heavy atom. The summed E-state index contributed by atoms with van der Waals surface area (Å²) < 4.78 is 0. The number of hydrogen-bond acceptors (Lipinski definition) is 0. The van der Waals surface area contributed by atoms with Crippen LogP contribution in [-0.4, -0.2) is 23.6 Å². The molecule has 0 nitrogen and oxygen atoms in total. The lowest BCUT2D eigenvalue weighted by atomic mass is 10.4. The maximum atomic E-state index is 2.54. The van der Waals surface area contributed by atoms with Crippen LogP contribution in [0.5, 0.6) is 0 Å². The molecule has 0 amide bonds. The van der Waals surface area contributed by atoms with E-state index in [1.54, 1.807) is 10.4 Å². The van der Waals surface area contributed by atoms with Crippen molar-refractivity contribution in [3.8, 4) is 0 Å². The first-order chi connectivity index (χ1) is 8.70. The first-order valence-corrected chi connectivity index (χ1v) is 15.0. The fourth-order valence-electron chi connectivity index (χ4n) is 2.27. The Morgan fingerprint density at radius 1 is 0.667 bits per heavy atom. The molecule has 0 aromatic heterocycles. The van der Waals surface area contributed by atoms with Crippen LogP contribution in [0.3, 0.4) is 0 Å². The predicted molar refractivity (Wildman–Crippen MR) is 91.0 cm³/mol. The first-order valence-electron chi connectivity index (χ1n) is 6.52. The van der Waals surface area contributed by atoms with E-state index in [0.717, 1.165) is 0 Å². The molecule has 3 heteroatoms. The molecule has 0 bridgehead atoms. The summed E-state index contributed by atoms with van der Waals surface area (Å²) in [6, 6.07) is 22.4. The molecule has 2 atom stereocenters. The van der Waals surface area contributed by atoms with E-state index in [0.29, 0.717) is 0 Å². The third-order valence-corrected chi connectivity index (χ3v) is 26.1. The molecule has 0 N–H and O–H groups in total. The van der Waals surface area contributed by atoms with Crippen molar-refractivity contribution in [1.82, 2.24) is 0 Å². The molecule has 0 fully saturated rings. The Labute approximate surface area is 115 Å². The molecule has 2 unspecified atom stereocenters. The summed E-state index contributed by atoms with van der Waals surface area (Å²) >= 11 is 0. The Bertz CT molecular complexity index is 427. The van der Waals surface area contributed by atoms with Crippen molar-refractivity contribution in [3.05, 3.63) is 60.7 Å². The van der Waals surface area contributed by atoms with Gasteiger partial charge in [0.05, 0.1) is 16.9 Å². The van der Waals surface area contributed by atoms with E-state index in [1.807, 2.05) is 0 Å². The summed E-state index contributed by atoms with van der Waals surface area (Å²) in [6.07, 6.45) is 0. The van der Waals surface area contributed by atoms with Crippen molar-refractivity contribution in [1.29, 1.82) is 0 Å². The van der Waals surface area contributed by atoms with Gasteiger partial charge in [-0.3, -0.25) is 0 Å². The highest BCUT2D eigenvalue weighted by Gasteiger charge is 2.22. The third-order valence-electron chi connectivity index (χ3n) is 3.79. The fraction of sp³-hybridized carbons (Fsp3) is 0.200. The maximum absolute atomic E-state index is 2.54. The highest BCUT2D eigenvalue weighted by molar-refractivity contribution is 8.14. The van der Waals surface area contributed by atoms with Gasteiger partial charge in [-0.1, -0.05) is 90.8 Å². The number of benzene rings is 2. The lowest BCUT2D eigenvalue weighted by molar-refractivity contribution is 1.76. The molecule has 0 aliphatic rings. The largest absolute Gasteiger partial charge is 0.129 e. The van der Waals surface area contributed by atoms with Gasteiger partial charge in [0.25, 0.3) is 0 Å². The van der Waals surface area contributed by atoms with E-state index < -0.39 is 16.9 Å². The van der Waals surface area contributed by atoms with Crippen molar-refractivity contribution in [2.24, 2.45) is 0 Å². The molecule has 0 spiro atoms. The topological polar surface area (TPSA) is 0 Å². The van der Waals surface area contributed by atoms with E-state index in [9.17, 15) is 0 Å². The molecule has 0 saturated carbocycles. The smallest absolute Gasteiger partial charge is 0.0901 e. The summed E-state index contributed by atoms with van der Waals surface area (Å²) in [5.41, 5.74) is 0. The van der Waals surface area contributed by atoms with Crippen LogP contribution in [0.1, 0.15) is 0 Å². The summed E-state index contributed by atoms with van der Waals surface area (Å²) in [7, 11) is -1.29. The van der Waals surface area contributed by atoms with Gasteiger partial charge in [0.1, 0.15) is 0 Å². The summed E-state index contributed by atoms with van der Waals surface area (Å²) in [6.45, 7) is 7.62. The van der Waals surface area contributed by atoms with Gasteiger partial charge in [0.15, 0.2) is 0 Å². The summed E-state index contributed by atoms with van der Waals surface area (Å²) in [5, 5.41) is 3.28. The minimum absolute atomic E-state index is 0.222. The van der Waals surface area contributed by atoms with Crippen molar-refractivity contribution in [3.63, 3.8) is 0 Å². The molecule has 2 rings (SSSR count). The minimum atomic E-state index is -0.756. The lowest BCUT2D eigenvalue weighted by Crippen LogP contribution is -2.34. The molecule has 0 aliphatic heterocycles. The zero-order chi connectivity index (χ0) is 13.0. The molecule has 94 valence electrons. The second-order valence-electron chi connectivity index (χ2n) is 4.84. The normalized spacial score (nSPS) is 15.9. The zero-order valence-corrected chi connectivity index (χ0v) is 14.6. The van der Waals surface area contributed by atoms with Crippen LogP contribution in [0.4, 0.5) is 0 Å². The molecular weight excluding hydrogens is 267 g/mol. The SMILES string of the molecule is C[SiH](c1ccccc1)P(C)[SiH](C)c1ccccc1. The summed E-state index contributed by atoms with van der Waals surface area (Å²) in [5.74, 6) is 0. The van der Waals surface area contributed by atoms with Crippen LogP contribution in [0, 0.1) is 0 Å². The van der Waals surface area contributed by atoms with E-state index >= 15 is 0 Å². The van der Waals surface area contributed by atoms with E-state index in [-0.39, 0.29) is 7.02 Å². The number of rotatable bonds is 4.